The van der Waals surface area contributed by atoms with Gasteiger partial charge in [0.05, 0.1) is 6.04 Å². The fraction of sp³-hybridized carbons (Fsp3) is 0.524. The summed E-state index contributed by atoms with van der Waals surface area (Å²) in [6, 6.07) is 8.80. The second-order valence-corrected chi connectivity index (χ2v) is 7.99. The number of nitrogens with zero attached hydrogens (tertiary/aromatic N) is 1. The molecule has 2 saturated heterocycles. The maximum absolute atomic E-state index is 12.1. The van der Waals surface area contributed by atoms with Crippen LogP contribution in [-0.2, 0) is 9.53 Å². The van der Waals surface area contributed by atoms with E-state index in [0.29, 0.717) is 18.0 Å². The highest BCUT2D eigenvalue weighted by molar-refractivity contribution is 5.94. The summed E-state index contributed by atoms with van der Waals surface area (Å²) in [5.74, 6) is 0.267. The molecule has 4 aliphatic rings. The van der Waals surface area contributed by atoms with Crippen molar-refractivity contribution in [2.24, 2.45) is 0 Å². The predicted octanol–water partition coefficient (Wildman–Crippen LogP) is 3.23. The molecule has 3 fully saturated rings. The monoisotopic (exact) mass is 337 g/mol. The van der Waals surface area contributed by atoms with E-state index in [9.17, 15) is 9.59 Å². The Balaban J connectivity index is 1.59. The highest BCUT2D eigenvalue weighted by atomic mass is 16.6. The summed E-state index contributed by atoms with van der Waals surface area (Å²) in [5, 5.41) is 0. The molecule has 130 valence electrons. The van der Waals surface area contributed by atoms with Gasteiger partial charge in [-0.3, -0.25) is 9.69 Å². The van der Waals surface area contributed by atoms with Gasteiger partial charge in [-0.25, -0.2) is 4.79 Å². The third-order valence-electron chi connectivity index (χ3n) is 6.76. The lowest BCUT2D eigenvalue weighted by atomic mass is 9.71. The molecule has 1 saturated carbocycles. The Bertz CT molecular complexity index is 798. The molecule has 1 spiro atoms. The molecule has 4 atom stereocenters. The second kappa shape index (κ2) is 5.28. The number of hydrogen-bond donors (Lipinski definition) is 0. The van der Waals surface area contributed by atoms with Crippen molar-refractivity contribution in [2.75, 3.05) is 6.54 Å². The normalized spacial score (nSPS) is 36.4. The number of ether oxygens (including phenoxy) is 1. The summed E-state index contributed by atoms with van der Waals surface area (Å²) < 4.78 is 5.93. The van der Waals surface area contributed by atoms with Gasteiger partial charge in [0.25, 0.3) is 0 Å². The van der Waals surface area contributed by atoms with E-state index in [1.807, 2.05) is 12.1 Å². The molecule has 0 aromatic heterocycles. The lowest BCUT2D eigenvalue weighted by Crippen LogP contribution is -2.48. The minimum atomic E-state index is -0.364. The number of rotatable bonds is 2. The maximum atomic E-state index is 12.1. The Morgan fingerprint density at radius 2 is 2.20 bits per heavy atom. The summed E-state index contributed by atoms with van der Waals surface area (Å²) in [6.45, 7) is 2.71. The van der Waals surface area contributed by atoms with Crippen LogP contribution in [0.5, 0.6) is 0 Å². The highest BCUT2D eigenvalue weighted by Gasteiger charge is 2.63. The van der Waals surface area contributed by atoms with Crippen LogP contribution in [-0.4, -0.2) is 40.9 Å². The van der Waals surface area contributed by atoms with E-state index in [-0.39, 0.29) is 17.4 Å². The van der Waals surface area contributed by atoms with E-state index in [0.717, 1.165) is 31.4 Å². The van der Waals surface area contributed by atoms with Crippen LogP contribution in [0.1, 0.15) is 60.9 Å². The van der Waals surface area contributed by atoms with Gasteiger partial charge in [0, 0.05) is 30.0 Å². The van der Waals surface area contributed by atoms with E-state index < -0.39 is 0 Å². The van der Waals surface area contributed by atoms with Gasteiger partial charge < -0.3 is 4.74 Å². The van der Waals surface area contributed by atoms with Gasteiger partial charge in [-0.2, -0.15) is 0 Å². The minimum Gasteiger partial charge on any atom is -0.450 e. The molecule has 4 heteroatoms. The average molecular weight is 337 g/mol. The number of fused-ring (bicyclic) bond motifs is 3. The molecule has 2 bridgehead atoms. The van der Waals surface area contributed by atoms with Crippen LogP contribution < -0.4 is 0 Å². The van der Waals surface area contributed by atoms with E-state index in [2.05, 4.69) is 17.0 Å². The molecular weight excluding hydrogens is 314 g/mol. The number of ketones is 1. The molecule has 0 amide bonds. The molecule has 3 heterocycles. The second-order valence-electron chi connectivity index (χ2n) is 7.99. The molecule has 3 aliphatic heterocycles. The van der Waals surface area contributed by atoms with Gasteiger partial charge in [0.2, 0.25) is 0 Å². The minimum absolute atomic E-state index is 0.105. The summed E-state index contributed by atoms with van der Waals surface area (Å²) >= 11 is 0. The maximum Gasteiger partial charge on any atom is 0.331 e. The van der Waals surface area contributed by atoms with Crippen molar-refractivity contribution in [1.29, 1.82) is 0 Å². The standard InChI is InChI=1S/C21H23NO3/c1-13(23)14-5-4-6-15(9-14)17-10-16-11-20(24)25-21(16)12-18(17)22-8-3-2-7-19(21)22/h4-6,9,11,17-19H,2-3,7-8,10,12H2,1H3/t17-,18-,19+,21-/m0/s1. The number of Topliss-reactive ketones (excluding diaryl/α,β-unsaturated/α-hetero) is 1. The van der Waals surface area contributed by atoms with E-state index >= 15 is 0 Å². The first-order valence-corrected chi connectivity index (χ1v) is 9.39. The molecular formula is C21H23NO3. The Labute approximate surface area is 147 Å². The lowest BCUT2D eigenvalue weighted by molar-refractivity contribution is -0.148. The fourth-order valence-electron chi connectivity index (χ4n) is 5.72. The van der Waals surface area contributed by atoms with E-state index in [4.69, 9.17) is 4.74 Å². The Morgan fingerprint density at radius 3 is 3.04 bits per heavy atom. The summed E-state index contributed by atoms with van der Waals surface area (Å²) in [5.41, 5.74) is 2.81. The van der Waals surface area contributed by atoms with Crippen molar-refractivity contribution in [2.45, 2.75) is 62.6 Å². The van der Waals surface area contributed by atoms with E-state index in [1.54, 1.807) is 13.0 Å². The number of piperidine rings is 1. The zero-order chi connectivity index (χ0) is 17.2. The van der Waals surface area contributed by atoms with Crippen molar-refractivity contribution in [1.82, 2.24) is 4.90 Å². The van der Waals surface area contributed by atoms with E-state index in [1.165, 1.54) is 24.0 Å². The highest BCUT2D eigenvalue weighted by Crippen LogP contribution is 2.57. The topological polar surface area (TPSA) is 46.6 Å². The van der Waals surface area contributed by atoms with Crippen molar-refractivity contribution >= 4 is 11.8 Å². The number of hydrogen-bond acceptors (Lipinski definition) is 4. The van der Waals surface area contributed by atoms with Crippen LogP contribution in [0.4, 0.5) is 0 Å². The van der Waals surface area contributed by atoms with Crippen molar-refractivity contribution in [3.63, 3.8) is 0 Å². The van der Waals surface area contributed by atoms with Gasteiger partial charge in [0.1, 0.15) is 0 Å². The first-order valence-electron chi connectivity index (χ1n) is 9.39. The Kier molecular flexibility index (Phi) is 3.23. The first kappa shape index (κ1) is 15.3. The molecule has 1 aliphatic carbocycles. The molecule has 0 N–H and O–H groups in total. The van der Waals surface area contributed by atoms with Crippen LogP contribution in [0.15, 0.2) is 35.9 Å². The molecule has 0 radical (unpaired) electrons. The molecule has 1 aromatic carbocycles. The molecule has 0 unspecified atom stereocenters. The summed E-state index contributed by atoms with van der Waals surface area (Å²) in [6.07, 6.45) is 7.06. The van der Waals surface area contributed by atoms with Crippen molar-refractivity contribution in [3.05, 3.63) is 47.0 Å². The van der Waals surface area contributed by atoms with Gasteiger partial charge in [-0.1, -0.05) is 24.6 Å². The average Bonchev–Trinajstić information content (AvgIpc) is 3.10. The third kappa shape index (κ3) is 2.10. The molecule has 4 nitrogen and oxygen atoms in total. The smallest absolute Gasteiger partial charge is 0.331 e. The van der Waals surface area contributed by atoms with Crippen LogP contribution >= 0.6 is 0 Å². The van der Waals surface area contributed by atoms with Gasteiger partial charge in [-0.15, -0.1) is 0 Å². The fourth-order valence-corrected chi connectivity index (χ4v) is 5.72. The number of carbonyl (C=O) groups excluding carboxylic acids is 2. The Morgan fingerprint density at radius 1 is 1.32 bits per heavy atom. The molecule has 1 aromatic rings. The van der Waals surface area contributed by atoms with Crippen LogP contribution in [0.25, 0.3) is 0 Å². The summed E-state index contributed by atoms with van der Waals surface area (Å²) in [7, 11) is 0. The summed E-state index contributed by atoms with van der Waals surface area (Å²) in [4.78, 5) is 26.5. The zero-order valence-electron chi connectivity index (χ0n) is 14.5. The predicted molar refractivity (Wildman–Crippen MR) is 93.5 cm³/mol. The van der Waals surface area contributed by atoms with Crippen molar-refractivity contribution < 1.29 is 14.3 Å². The SMILES string of the molecule is CC(=O)c1cccc([C@@H]2CC3=CC(=O)O[C@@]34C[C@@H]2N2CCCC[C@@H]24)c1. The number of esters is 1. The van der Waals surface area contributed by atoms with Crippen LogP contribution in [0.2, 0.25) is 0 Å². The van der Waals surface area contributed by atoms with Crippen molar-refractivity contribution in [3.8, 4) is 0 Å². The third-order valence-corrected chi connectivity index (χ3v) is 6.76. The molecule has 5 rings (SSSR count). The lowest BCUT2D eigenvalue weighted by Gasteiger charge is -2.38. The first-order chi connectivity index (χ1) is 12.1. The molecule has 25 heavy (non-hydrogen) atoms. The van der Waals surface area contributed by atoms with Gasteiger partial charge in [-0.05, 0) is 49.9 Å². The van der Waals surface area contributed by atoms with Crippen LogP contribution in [0.3, 0.4) is 0 Å². The van der Waals surface area contributed by atoms with Crippen LogP contribution in [0, 0.1) is 0 Å². The Hall–Kier alpha value is -1.94. The van der Waals surface area contributed by atoms with Gasteiger partial charge >= 0.3 is 5.97 Å². The van der Waals surface area contributed by atoms with Gasteiger partial charge in [0.15, 0.2) is 11.4 Å². The zero-order valence-corrected chi connectivity index (χ0v) is 14.5. The largest absolute Gasteiger partial charge is 0.450 e. The number of benzene rings is 1. The number of carbonyl (C=O) groups is 2. The quantitative estimate of drug-likeness (QED) is 0.614.